The Morgan fingerprint density at radius 3 is 2.58 bits per heavy atom. The van der Waals surface area contributed by atoms with Gasteiger partial charge in [0.15, 0.2) is 0 Å². The third-order valence-electron chi connectivity index (χ3n) is 7.06. The quantitative estimate of drug-likeness (QED) is 0.543. The molecule has 3 N–H and O–H groups in total. The Morgan fingerprint density at radius 1 is 1.03 bits per heavy atom. The molecule has 3 aliphatic rings. The largest absolute Gasteiger partial charge is 0.381 e. The second kappa shape index (κ2) is 6.72. The molecule has 2 aromatic carbocycles. The van der Waals surface area contributed by atoms with Gasteiger partial charge in [0, 0.05) is 12.0 Å². The van der Waals surface area contributed by atoms with E-state index in [4.69, 9.17) is 0 Å². The molecule has 0 saturated carbocycles. The average molecular weight is 445 g/mol. The Hall–Kier alpha value is -3.56. The highest BCUT2D eigenvalue weighted by Gasteiger charge is 2.58. The highest BCUT2D eigenvalue weighted by molar-refractivity contribution is 6.02. The zero-order valence-electron chi connectivity index (χ0n) is 18.1. The molecule has 3 aliphatic heterocycles. The second-order valence-corrected chi connectivity index (χ2v) is 9.05. The van der Waals surface area contributed by atoms with Crippen LogP contribution in [0.15, 0.2) is 53.3 Å². The highest BCUT2D eigenvalue weighted by Crippen LogP contribution is 2.49. The van der Waals surface area contributed by atoms with Crippen LogP contribution >= 0.6 is 0 Å². The van der Waals surface area contributed by atoms with Crippen LogP contribution in [0.5, 0.6) is 0 Å². The van der Waals surface area contributed by atoms with Crippen molar-refractivity contribution in [2.45, 2.75) is 50.2 Å². The minimum absolute atomic E-state index is 0.0936. The van der Waals surface area contributed by atoms with Crippen LogP contribution < -0.4 is 21.1 Å². The molecule has 3 aromatic rings. The second-order valence-electron chi connectivity index (χ2n) is 9.05. The van der Waals surface area contributed by atoms with Crippen LogP contribution in [-0.4, -0.2) is 38.7 Å². The van der Waals surface area contributed by atoms with Gasteiger partial charge in [-0.25, -0.2) is 4.98 Å². The van der Waals surface area contributed by atoms with Crippen molar-refractivity contribution in [1.82, 2.24) is 20.2 Å². The molecule has 2 amide bonds. The third-order valence-corrected chi connectivity index (χ3v) is 7.06. The number of aromatic nitrogens is 2. The minimum Gasteiger partial charge on any atom is -0.381 e. The summed E-state index contributed by atoms with van der Waals surface area (Å²) in [6, 6.07) is 12.2. The summed E-state index contributed by atoms with van der Waals surface area (Å²) in [7, 11) is 0. The number of nitrogens with one attached hydrogen (secondary N) is 2. The number of nitrogens with zero attached hydrogens (tertiary/aromatic N) is 3. The number of hydrogen-bond acceptors (Lipinski definition) is 6. The van der Waals surface area contributed by atoms with Crippen LogP contribution in [0.25, 0.3) is 10.9 Å². The molecule has 0 radical (unpaired) electrons. The number of benzene rings is 2. The van der Waals surface area contributed by atoms with Gasteiger partial charge in [-0.15, -0.1) is 0 Å². The monoisotopic (exact) mass is 445 g/mol. The smallest absolute Gasteiger partial charge is 0.262 e. The molecule has 1 fully saturated rings. The summed E-state index contributed by atoms with van der Waals surface area (Å²) in [4.78, 5) is 45.8. The van der Waals surface area contributed by atoms with Crippen LogP contribution in [0.3, 0.4) is 0 Å². The molecular weight excluding hydrogens is 422 g/mol. The Balaban J connectivity index is 1.52. The Morgan fingerprint density at radius 2 is 1.76 bits per heavy atom. The molecule has 0 bridgehead atoms. The van der Waals surface area contributed by atoms with Crippen LogP contribution in [0.4, 0.5) is 5.69 Å². The predicted octanol–water partition coefficient (Wildman–Crippen LogP) is 1.07. The van der Waals surface area contributed by atoms with Crippen molar-refractivity contribution in [3.8, 4) is 0 Å². The first kappa shape index (κ1) is 20.1. The number of fused-ring (bicyclic) bond motifs is 5. The minimum atomic E-state index is -1.58. The molecule has 5 atom stereocenters. The lowest BCUT2D eigenvalue weighted by Gasteiger charge is -2.37. The number of hydrogen-bond donors (Lipinski definition) is 3. The maximum absolute atomic E-state index is 13.5. The van der Waals surface area contributed by atoms with Crippen molar-refractivity contribution in [2.24, 2.45) is 0 Å². The molecular formula is C24H23N5O4. The van der Waals surface area contributed by atoms with E-state index in [2.05, 4.69) is 15.6 Å². The average Bonchev–Trinajstić information content (AvgIpc) is 3.23. The molecule has 0 unspecified atom stereocenters. The Kier molecular flexibility index (Phi) is 4.09. The van der Waals surface area contributed by atoms with Gasteiger partial charge in [0.2, 0.25) is 11.8 Å². The van der Waals surface area contributed by atoms with Gasteiger partial charge >= 0.3 is 0 Å². The molecule has 0 spiro atoms. The van der Waals surface area contributed by atoms with E-state index in [1.807, 2.05) is 12.1 Å². The molecule has 4 heterocycles. The molecule has 33 heavy (non-hydrogen) atoms. The van der Waals surface area contributed by atoms with Gasteiger partial charge in [-0.05, 0) is 32.0 Å². The number of aliphatic hydroxyl groups is 1. The van der Waals surface area contributed by atoms with E-state index in [-0.39, 0.29) is 23.8 Å². The summed E-state index contributed by atoms with van der Waals surface area (Å²) in [6.07, 6.45) is -0.832. The number of para-hydroxylation sites is 2. The van der Waals surface area contributed by atoms with E-state index in [0.717, 1.165) is 0 Å². The van der Waals surface area contributed by atoms with Crippen molar-refractivity contribution >= 4 is 28.4 Å². The zero-order valence-corrected chi connectivity index (χ0v) is 18.1. The number of anilines is 1. The number of rotatable bonds is 2. The van der Waals surface area contributed by atoms with E-state index in [1.165, 1.54) is 4.57 Å². The molecule has 6 rings (SSSR count). The van der Waals surface area contributed by atoms with Crippen molar-refractivity contribution in [3.05, 3.63) is 70.3 Å². The topological polar surface area (TPSA) is 117 Å². The molecule has 0 aliphatic carbocycles. The molecule has 1 aromatic heterocycles. The normalized spacial score (nSPS) is 30.2. The first-order chi connectivity index (χ1) is 15.8. The van der Waals surface area contributed by atoms with E-state index in [9.17, 15) is 19.5 Å². The van der Waals surface area contributed by atoms with Gasteiger partial charge in [0.1, 0.15) is 23.6 Å². The lowest BCUT2D eigenvalue weighted by molar-refractivity contribution is -0.129. The van der Waals surface area contributed by atoms with E-state index in [0.29, 0.717) is 28.0 Å². The Labute approximate surface area is 189 Å². The summed E-state index contributed by atoms with van der Waals surface area (Å²) >= 11 is 0. The van der Waals surface area contributed by atoms with Gasteiger partial charge in [-0.1, -0.05) is 30.3 Å². The van der Waals surface area contributed by atoms with Crippen LogP contribution in [-0.2, 0) is 15.2 Å². The number of carbonyl (C=O) groups excluding carboxylic acids is 2. The summed E-state index contributed by atoms with van der Waals surface area (Å²) < 4.78 is 1.41. The number of amides is 2. The maximum Gasteiger partial charge on any atom is 0.262 e. The molecule has 9 heteroatoms. The maximum atomic E-state index is 13.5. The van der Waals surface area contributed by atoms with E-state index in [1.54, 1.807) is 55.1 Å². The lowest BCUT2D eigenvalue weighted by atomic mass is 9.85. The molecule has 1 saturated heterocycles. The predicted molar refractivity (Wildman–Crippen MR) is 120 cm³/mol. The highest BCUT2D eigenvalue weighted by atomic mass is 16.3. The fourth-order valence-corrected chi connectivity index (χ4v) is 5.49. The third kappa shape index (κ3) is 2.60. The van der Waals surface area contributed by atoms with Gasteiger partial charge < -0.3 is 10.4 Å². The standard InChI is InChI=1S/C24H23N5O4/c1-12-19-27-16-9-5-3-7-14(16)22(32)28(19)18(20(30)25-12)11-24(33)15-8-4-6-10-17(15)29-21(31)13(2)26-23(24)29/h3-10,12-13,18,23,26,33H,11H2,1-2H3,(H,25,30)/t12-,13+,18-,23+,24+/m1/s1. The summed E-state index contributed by atoms with van der Waals surface area (Å²) in [5.41, 5.74) is -0.179. The lowest BCUT2D eigenvalue weighted by Crippen LogP contribution is -2.54. The fraction of sp³-hybridized carbons (Fsp3) is 0.333. The van der Waals surface area contributed by atoms with Crippen molar-refractivity contribution in [1.29, 1.82) is 0 Å². The van der Waals surface area contributed by atoms with Crippen molar-refractivity contribution < 1.29 is 14.7 Å². The van der Waals surface area contributed by atoms with Crippen LogP contribution in [0, 0.1) is 0 Å². The van der Waals surface area contributed by atoms with Crippen LogP contribution in [0.2, 0.25) is 0 Å². The zero-order chi connectivity index (χ0) is 23.1. The van der Waals surface area contributed by atoms with Gasteiger partial charge in [0.25, 0.3) is 5.56 Å². The van der Waals surface area contributed by atoms with Crippen LogP contribution in [0.1, 0.15) is 43.7 Å². The van der Waals surface area contributed by atoms with Crippen molar-refractivity contribution in [2.75, 3.05) is 4.90 Å². The molecule has 168 valence electrons. The summed E-state index contributed by atoms with van der Waals surface area (Å²) in [6.45, 7) is 3.52. The van der Waals surface area contributed by atoms with Gasteiger partial charge in [-0.2, -0.15) is 0 Å². The summed E-state index contributed by atoms with van der Waals surface area (Å²) in [5.74, 6) is -0.0647. The number of carbonyl (C=O) groups is 2. The SMILES string of the molecule is C[C@@H]1N[C@H]2N(C1=O)c1ccccc1[C@@]2(O)C[C@@H]1C(=O)N[C@H](C)c2nc3ccccc3c(=O)n21. The van der Waals surface area contributed by atoms with E-state index >= 15 is 0 Å². The molecule has 9 nitrogen and oxygen atoms in total. The first-order valence-electron chi connectivity index (χ1n) is 11.0. The first-order valence-corrected chi connectivity index (χ1v) is 11.0. The Bertz CT molecular complexity index is 1400. The fourth-order valence-electron chi connectivity index (χ4n) is 5.49. The van der Waals surface area contributed by atoms with Crippen molar-refractivity contribution in [3.63, 3.8) is 0 Å². The van der Waals surface area contributed by atoms with E-state index < -0.39 is 29.9 Å². The van der Waals surface area contributed by atoms with Gasteiger partial charge in [-0.3, -0.25) is 29.2 Å². The van der Waals surface area contributed by atoms with Gasteiger partial charge in [0.05, 0.1) is 28.7 Å². The summed E-state index contributed by atoms with van der Waals surface area (Å²) in [5, 5.41) is 18.5.